The molecule has 1 unspecified atom stereocenters. The summed E-state index contributed by atoms with van der Waals surface area (Å²) in [5, 5.41) is 0.699. The van der Waals surface area contributed by atoms with Crippen molar-refractivity contribution in [1.82, 2.24) is 4.90 Å². The quantitative estimate of drug-likeness (QED) is 0.876. The van der Waals surface area contributed by atoms with Crippen LogP contribution in [0.15, 0.2) is 24.3 Å². The van der Waals surface area contributed by atoms with Crippen molar-refractivity contribution >= 4 is 17.5 Å². The molecule has 0 spiro atoms. The van der Waals surface area contributed by atoms with Gasteiger partial charge in [0.25, 0.3) is 0 Å². The van der Waals surface area contributed by atoms with Crippen LogP contribution in [0.4, 0.5) is 0 Å². The Morgan fingerprint density at radius 1 is 1.44 bits per heavy atom. The molecule has 2 N–H and O–H groups in total. The van der Waals surface area contributed by atoms with Crippen LogP contribution >= 0.6 is 11.6 Å². The summed E-state index contributed by atoms with van der Waals surface area (Å²) in [6, 6.07) is 7.02. The van der Waals surface area contributed by atoms with Gasteiger partial charge in [-0.25, -0.2) is 0 Å². The summed E-state index contributed by atoms with van der Waals surface area (Å²) in [7, 11) is 0. The van der Waals surface area contributed by atoms with Gasteiger partial charge in [0.15, 0.2) is 0 Å². The second-order valence-corrected chi connectivity index (χ2v) is 4.20. The Morgan fingerprint density at radius 3 is 2.44 bits per heavy atom. The first-order chi connectivity index (χ1) is 7.54. The van der Waals surface area contributed by atoms with Gasteiger partial charge < -0.3 is 10.6 Å². The molecule has 88 valence electrons. The lowest BCUT2D eigenvalue weighted by molar-refractivity contribution is -0.132. The maximum atomic E-state index is 11.7. The highest BCUT2D eigenvalue weighted by molar-refractivity contribution is 6.30. The number of halogens is 1. The number of benzene rings is 1. The topological polar surface area (TPSA) is 46.3 Å². The molecule has 3 nitrogen and oxygen atoms in total. The second-order valence-electron chi connectivity index (χ2n) is 3.77. The van der Waals surface area contributed by atoms with E-state index in [1.807, 2.05) is 31.2 Å². The van der Waals surface area contributed by atoms with Crippen LogP contribution in [0.5, 0.6) is 0 Å². The Balaban J connectivity index is 2.70. The van der Waals surface area contributed by atoms with Crippen molar-refractivity contribution in [3.8, 4) is 0 Å². The van der Waals surface area contributed by atoms with E-state index >= 15 is 0 Å². The number of hydrogen-bond acceptors (Lipinski definition) is 2. The standard InChI is InChI=1S/C12H17ClN2O/c1-3-15(12(16)9(2)14)8-10-4-6-11(13)7-5-10/h4-7,9H,3,8,14H2,1-2H3. The molecule has 0 aliphatic carbocycles. The Hall–Kier alpha value is -1.06. The maximum absolute atomic E-state index is 11.7. The zero-order valence-electron chi connectivity index (χ0n) is 9.61. The highest BCUT2D eigenvalue weighted by Gasteiger charge is 2.15. The van der Waals surface area contributed by atoms with Crippen LogP contribution in [0.2, 0.25) is 5.02 Å². The average molecular weight is 241 g/mol. The first kappa shape index (κ1) is 13.0. The molecule has 0 aromatic heterocycles. The molecule has 0 fully saturated rings. The fourth-order valence-corrected chi connectivity index (χ4v) is 1.57. The van der Waals surface area contributed by atoms with Gasteiger partial charge in [0.05, 0.1) is 6.04 Å². The molecule has 1 aromatic rings. The van der Waals surface area contributed by atoms with Crippen molar-refractivity contribution in [2.45, 2.75) is 26.4 Å². The molecule has 4 heteroatoms. The molecule has 1 amide bonds. The molecule has 16 heavy (non-hydrogen) atoms. The zero-order valence-corrected chi connectivity index (χ0v) is 10.4. The van der Waals surface area contributed by atoms with Crippen LogP contribution < -0.4 is 5.73 Å². The Morgan fingerprint density at radius 2 is 2.00 bits per heavy atom. The van der Waals surface area contributed by atoms with Crippen molar-refractivity contribution in [3.05, 3.63) is 34.9 Å². The fourth-order valence-electron chi connectivity index (χ4n) is 1.44. The lowest BCUT2D eigenvalue weighted by Crippen LogP contribution is -2.41. The van der Waals surface area contributed by atoms with Gasteiger partial charge >= 0.3 is 0 Å². The number of amides is 1. The van der Waals surface area contributed by atoms with E-state index in [-0.39, 0.29) is 5.91 Å². The van der Waals surface area contributed by atoms with Gasteiger partial charge in [0, 0.05) is 18.1 Å². The molecule has 0 radical (unpaired) electrons. The monoisotopic (exact) mass is 240 g/mol. The SMILES string of the molecule is CCN(Cc1ccc(Cl)cc1)C(=O)C(C)N. The zero-order chi connectivity index (χ0) is 12.1. The molecule has 0 heterocycles. The third-order valence-corrected chi connectivity index (χ3v) is 2.62. The predicted octanol–water partition coefficient (Wildman–Crippen LogP) is 2.04. The third kappa shape index (κ3) is 3.51. The summed E-state index contributed by atoms with van der Waals surface area (Å²) in [5.74, 6) is -0.0301. The van der Waals surface area contributed by atoms with Gasteiger partial charge in [-0.15, -0.1) is 0 Å². The number of nitrogens with zero attached hydrogens (tertiary/aromatic N) is 1. The highest BCUT2D eigenvalue weighted by Crippen LogP contribution is 2.11. The van der Waals surface area contributed by atoms with Gasteiger partial charge in [-0.1, -0.05) is 23.7 Å². The predicted molar refractivity (Wildman–Crippen MR) is 66.2 cm³/mol. The summed E-state index contributed by atoms with van der Waals surface area (Å²) in [6.45, 7) is 4.88. The van der Waals surface area contributed by atoms with Crippen LogP contribution in [-0.2, 0) is 11.3 Å². The van der Waals surface area contributed by atoms with Crippen LogP contribution in [0, 0.1) is 0 Å². The first-order valence-corrected chi connectivity index (χ1v) is 5.71. The number of hydrogen-bond donors (Lipinski definition) is 1. The van der Waals surface area contributed by atoms with Crippen molar-refractivity contribution in [2.24, 2.45) is 5.73 Å². The van der Waals surface area contributed by atoms with Gasteiger partial charge in [0.2, 0.25) is 5.91 Å². The fraction of sp³-hybridized carbons (Fsp3) is 0.417. The number of likely N-dealkylation sites (N-methyl/N-ethyl adjacent to an activating group) is 1. The average Bonchev–Trinajstić information content (AvgIpc) is 2.27. The molecule has 0 aliphatic heterocycles. The molecular weight excluding hydrogens is 224 g/mol. The first-order valence-electron chi connectivity index (χ1n) is 5.33. The van der Waals surface area contributed by atoms with E-state index in [9.17, 15) is 4.79 Å². The van der Waals surface area contributed by atoms with Gasteiger partial charge in [-0.05, 0) is 31.5 Å². The number of carbonyl (C=O) groups excluding carboxylic acids is 1. The molecule has 1 aromatic carbocycles. The Labute approximate surface area is 101 Å². The maximum Gasteiger partial charge on any atom is 0.239 e. The molecule has 0 saturated carbocycles. The van der Waals surface area contributed by atoms with E-state index in [0.29, 0.717) is 18.1 Å². The van der Waals surface area contributed by atoms with E-state index in [2.05, 4.69) is 0 Å². The minimum atomic E-state index is -0.452. The van der Waals surface area contributed by atoms with Crippen molar-refractivity contribution in [3.63, 3.8) is 0 Å². The summed E-state index contributed by atoms with van der Waals surface area (Å²) >= 11 is 5.79. The molecule has 0 bridgehead atoms. The Bertz CT molecular complexity index is 349. The summed E-state index contributed by atoms with van der Waals surface area (Å²) < 4.78 is 0. The molecule has 0 saturated heterocycles. The highest BCUT2D eigenvalue weighted by atomic mass is 35.5. The van der Waals surface area contributed by atoms with E-state index < -0.39 is 6.04 Å². The van der Waals surface area contributed by atoms with E-state index in [0.717, 1.165) is 5.56 Å². The number of carbonyl (C=O) groups is 1. The van der Waals surface area contributed by atoms with Crippen molar-refractivity contribution in [1.29, 1.82) is 0 Å². The third-order valence-electron chi connectivity index (χ3n) is 2.37. The van der Waals surface area contributed by atoms with Crippen LogP contribution in [0.3, 0.4) is 0 Å². The molecular formula is C12H17ClN2O. The van der Waals surface area contributed by atoms with E-state index in [4.69, 9.17) is 17.3 Å². The molecule has 1 rings (SSSR count). The van der Waals surface area contributed by atoms with Crippen LogP contribution in [-0.4, -0.2) is 23.4 Å². The van der Waals surface area contributed by atoms with Gasteiger partial charge in [0.1, 0.15) is 0 Å². The van der Waals surface area contributed by atoms with E-state index in [1.165, 1.54) is 0 Å². The van der Waals surface area contributed by atoms with Crippen molar-refractivity contribution < 1.29 is 4.79 Å². The molecule has 0 aliphatic rings. The normalized spacial score (nSPS) is 12.2. The second kappa shape index (κ2) is 5.87. The lowest BCUT2D eigenvalue weighted by Gasteiger charge is -2.22. The van der Waals surface area contributed by atoms with Crippen LogP contribution in [0.1, 0.15) is 19.4 Å². The largest absolute Gasteiger partial charge is 0.337 e. The summed E-state index contributed by atoms with van der Waals surface area (Å²) in [4.78, 5) is 13.5. The minimum absolute atomic E-state index is 0.0301. The molecule has 1 atom stereocenters. The summed E-state index contributed by atoms with van der Waals surface area (Å²) in [6.07, 6.45) is 0. The Kier molecular flexibility index (Phi) is 4.77. The minimum Gasteiger partial charge on any atom is -0.337 e. The van der Waals surface area contributed by atoms with E-state index in [1.54, 1.807) is 11.8 Å². The smallest absolute Gasteiger partial charge is 0.239 e. The lowest BCUT2D eigenvalue weighted by atomic mass is 10.2. The van der Waals surface area contributed by atoms with Crippen LogP contribution in [0.25, 0.3) is 0 Å². The number of nitrogens with two attached hydrogens (primary N) is 1. The van der Waals surface area contributed by atoms with Crippen molar-refractivity contribution in [2.75, 3.05) is 6.54 Å². The van der Waals surface area contributed by atoms with Gasteiger partial charge in [-0.2, -0.15) is 0 Å². The number of rotatable bonds is 4. The van der Waals surface area contributed by atoms with Gasteiger partial charge in [-0.3, -0.25) is 4.79 Å². The summed E-state index contributed by atoms with van der Waals surface area (Å²) in [5.41, 5.74) is 6.63.